The molecule has 2 heterocycles. The molecule has 2 aliphatic heterocycles. The summed E-state index contributed by atoms with van der Waals surface area (Å²) in [5.74, 6) is 0.605. The van der Waals surface area contributed by atoms with Crippen molar-refractivity contribution in [3.05, 3.63) is 29.3 Å². The second-order valence-electron chi connectivity index (χ2n) is 6.70. The lowest BCUT2D eigenvalue weighted by atomic mass is 9.84. The zero-order valence-electron chi connectivity index (χ0n) is 14.8. The van der Waals surface area contributed by atoms with Gasteiger partial charge < -0.3 is 19.7 Å². The fourth-order valence-electron chi connectivity index (χ4n) is 3.46. The summed E-state index contributed by atoms with van der Waals surface area (Å²) in [4.78, 5) is 17.5. The van der Waals surface area contributed by atoms with Crippen LogP contribution in [0.4, 0.5) is 0 Å². The Kier molecular flexibility index (Phi) is 4.43. The number of guanidine groups is 1. The number of hydrogen-bond donors (Lipinski definition) is 1. The lowest BCUT2D eigenvalue weighted by Crippen LogP contribution is -2.56. The van der Waals surface area contributed by atoms with Gasteiger partial charge in [0.1, 0.15) is 17.4 Å². The molecule has 0 aliphatic carbocycles. The minimum atomic E-state index is -0.808. The lowest BCUT2D eigenvalue weighted by molar-refractivity contribution is -0.166. The van der Waals surface area contributed by atoms with Crippen LogP contribution < -0.4 is 10.1 Å². The smallest absolute Gasteiger partial charge is 0.303 e. The zero-order chi connectivity index (χ0) is 18.9. The van der Waals surface area contributed by atoms with Gasteiger partial charge in [-0.2, -0.15) is 10.5 Å². The topological polar surface area (TPSA) is 111 Å². The number of aliphatic imine (C=N–C) groups is 1. The summed E-state index contributed by atoms with van der Waals surface area (Å²) >= 11 is 0. The van der Waals surface area contributed by atoms with E-state index in [1.807, 2.05) is 18.7 Å². The first kappa shape index (κ1) is 17.6. The highest BCUT2D eigenvalue weighted by molar-refractivity contribution is 5.83. The van der Waals surface area contributed by atoms with E-state index in [1.54, 1.807) is 24.4 Å². The number of rotatable bonds is 2. The number of hydrogen-bond acceptors (Lipinski definition) is 6. The van der Waals surface area contributed by atoms with Crippen molar-refractivity contribution in [1.82, 2.24) is 10.2 Å². The highest BCUT2D eigenvalue weighted by Crippen LogP contribution is 2.45. The molecule has 1 fully saturated rings. The van der Waals surface area contributed by atoms with Gasteiger partial charge >= 0.3 is 5.97 Å². The zero-order valence-corrected chi connectivity index (χ0v) is 14.8. The average molecular weight is 353 g/mol. The van der Waals surface area contributed by atoms with E-state index in [0.717, 1.165) is 5.56 Å². The normalized spacial score (nSPS) is 24.7. The molecule has 3 rings (SSSR count). The molecule has 0 spiro atoms. The predicted molar refractivity (Wildman–Crippen MR) is 91.9 cm³/mol. The molecule has 8 nitrogen and oxygen atoms in total. The van der Waals surface area contributed by atoms with Crippen LogP contribution in [-0.4, -0.2) is 41.6 Å². The molecule has 0 saturated carbocycles. The van der Waals surface area contributed by atoms with Crippen LogP contribution in [0.25, 0.3) is 0 Å². The maximum Gasteiger partial charge on any atom is 0.303 e. The molecule has 1 unspecified atom stereocenters. The number of fused-ring (bicyclic) bond motifs is 1. The van der Waals surface area contributed by atoms with E-state index >= 15 is 0 Å². The Hall–Kier alpha value is -3.26. The fourth-order valence-corrected chi connectivity index (χ4v) is 3.46. The van der Waals surface area contributed by atoms with E-state index in [4.69, 9.17) is 14.7 Å². The third kappa shape index (κ3) is 3.02. The molecule has 8 heteroatoms. The minimum Gasteiger partial charge on any atom is -0.484 e. The van der Waals surface area contributed by atoms with E-state index in [2.05, 4.69) is 16.4 Å². The van der Waals surface area contributed by atoms with Crippen LogP contribution in [0.2, 0.25) is 0 Å². The number of esters is 1. The molecule has 1 aromatic carbocycles. The summed E-state index contributed by atoms with van der Waals surface area (Å²) < 4.78 is 11.7. The summed E-state index contributed by atoms with van der Waals surface area (Å²) in [6.45, 7) is 6.23. The number of benzene rings is 1. The van der Waals surface area contributed by atoms with Gasteiger partial charge in [-0.25, -0.2) is 0 Å². The Balaban J connectivity index is 2.17. The quantitative estimate of drug-likeness (QED) is 0.632. The van der Waals surface area contributed by atoms with Crippen molar-refractivity contribution >= 4 is 11.9 Å². The molecule has 0 bridgehead atoms. The van der Waals surface area contributed by atoms with Crippen LogP contribution in [-0.2, 0) is 9.53 Å². The second-order valence-corrected chi connectivity index (χ2v) is 6.70. The van der Waals surface area contributed by atoms with Gasteiger partial charge in [0.25, 0.3) is 0 Å². The monoisotopic (exact) mass is 353 g/mol. The summed E-state index contributed by atoms with van der Waals surface area (Å²) in [5, 5.41) is 21.3. The standard InChI is InChI=1S/C18H19N5O3/c1-11(24)25-16-15(23-7-6-21-17(23)22-10-20)13-8-12(9-19)4-5-14(13)26-18(16,2)3/h4-5,8,15-16H,6-7H2,1-3H3,(H,21,22)/t15-,16?/m1/s1. The highest BCUT2D eigenvalue weighted by atomic mass is 16.6. The molecule has 1 aromatic rings. The third-order valence-corrected chi connectivity index (χ3v) is 4.49. The number of nitriles is 2. The molecular weight excluding hydrogens is 334 g/mol. The highest BCUT2D eigenvalue weighted by Gasteiger charge is 2.50. The average Bonchev–Trinajstić information content (AvgIpc) is 3.03. The summed E-state index contributed by atoms with van der Waals surface area (Å²) in [6, 6.07) is 6.85. The van der Waals surface area contributed by atoms with Crippen molar-refractivity contribution in [2.75, 3.05) is 13.1 Å². The summed E-state index contributed by atoms with van der Waals surface area (Å²) in [5.41, 5.74) is 0.395. The fraction of sp³-hybridized carbons (Fsp3) is 0.444. The molecule has 0 amide bonds. The molecule has 0 radical (unpaired) electrons. The number of ether oxygens (including phenoxy) is 2. The van der Waals surface area contributed by atoms with Gasteiger partial charge in [0.05, 0.1) is 11.6 Å². The molecule has 26 heavy (non-hydrogen) atoms. The Morgan fingerprint density at radius 2 is 2.23 bits per heavy atom. The molecule has 134 valence electrons. The Morgan fingerprint density at radius 3 is 2.88 bits per heavy atom. The SMILES string of the molecule is CC(=O)OC1[C@H](N2CCNC2=NC#N)c2cc(C#N)ccc2OC1(C)C. The number of nitrogens with zero attached hydrogens (tertiary/aromatic N) is 4. The van der Waals surface area contributed by atoms with E-state index in [1.165, 1.54) is 6.92 Å². The van der Waals surface area contributed by atoms with Gasteiger partial charge in [0.15, 0.2) is 6.10 Å². The van der Waals surface area contributed by atoms with Crippen LogP contribution in [0.5, 0.6) is 5.75 Å². The molecule has 0 aromatic heterocycles. The van der Waals surface area contributed by atoms with Crippen LogP contribution >= 0.6 is 0 Å². The van der Waals surface area contributed by atoms with Gasteiger partial charge in [0.2, 0.25) is 12.2 Å². The molecule has 1 saturated heterocycles. The predicted octanol–water partition coefficient (Wildman–Crippen LogP) is 1.44. The van der Waals surface area contributed by atoms with Gasteiger partial charge in [-0.15, -0.1) is 4.99 Å². The Morgan fingerprint density at radius 1 is 1.46 bits per heavy atom. The van der Waals surface area contributed by atoms with Crippen LogP contribution in [0, 0.1) is 22.8 Å². The third-order valence-electron chi connectivity index (χ3n) is 4.49. The molecule has 1 N–H and O–H groups in total. The first-order valence-corrected chi connectivity index (χ1v) is 8.25. The largest absolute Gasteiger partial charge is 0.484 e. The van der Waals surface area contributed by atoms with Crippen LogP contribution in [0.1, 0.15) is 37.9 Å². The van der Waals surface area contributed by atoms with Crippen molar-refractivity contribution < 1.29 is 14.3 Å². The second kappa shape index (κ2) is 6.57. The van der Waals surface area contributed by atoms with Gasteiger partial charge in [-0.05, 0) is 32.0 Å². The van der Waals surface area contributed by atoms with E-state index < -0.39 is 23.7 Å². The van der Waals surface area contributed by atoms with Crippen molar-refractivity contribution in [2.45, 2.75) is 38.5 Å². The first-order valence-electron chi connectivity index (χ1n) is 8.25. The van der Waals surface area contributed by atoms with Crippen molar-refractivity contribution in [2.24, 2.45) is 4.99 Å². The van der Waals surface area contributed by atoms with Gasteiger partial charge in [0, 0.05) is 25.6 Å². The number of nitrogens with one attached hydrogen (secondary N) is 1. The van der Waals surface area contributed by atoms with E-state index in [0.29, 0.717) is 30.4 Å². The van der Waals surface area contributed by atoms with Crippen molar-refractivity contribution in [3.63, 3.8) is 0 Å². The Labute approximate surface area is 151 Å². The molecule has 2 atom stereocenters. The molecular formula is C18H19N5O3. The van der Waals surface area contributed by atoms with Gasteiger partial charge in [-0.1, -0.05) is 0 Å². The minimum absolute atomic E-state index is 0.417. The maximum atomic E-state index is 11.8. The first-order chi connectivity index (χ1) is 12.4. The van der Waals surface area contributed by atoms with Crippen LogP contribution in [0.15, 0.2) is 23.2 Å². The Bertz CT molecular complexity index is 849. The summed E-state index contributed by atoms with van der Waals surface area (Å²) in [6.07, 6.45) is 1.15. The van der Waals surface area contributed by atoms with Crippen LogP contribution in [0.3, 0.4) is 0 Å². The van der Waals surface area contributed by atoms with Crippen molar-refractivity contribution in [1.29, 1.82) is 10.5 Å². The van der Waals surface area contributed by atoms with E-state index in [-0.39, 0.29) is 0 Å². The summed E-state index contributed by atoms with van der Waals surface area (Å²) in [7, 11) is 0. The van der Waals surface area contributed by atoms with Crippen molar-refractivity contribution in [3.8, 4) is 18.0 Å². The number of carbonyl (C=O) groups excluding carboxylic acids is 1. The van der Waals surface area contributed by atoms with E-state index in [9.17, 15) is 10.1 Å². The van der Waals surface area contributed by atoms with Gasteiger partial charge in [-0.3, -0.25) is 4.79 Å². The lowest BCUT2D eigenvalue weighted by Gasteiger charge is -2.46. The maximum absolute atomic E-state index is 11.8. The molecule has 2 aliphatic rings. The number of carbonyl (C=O) groups is 1.